The number of rotatable bonds is 1. The van der Waals surface area contributed by atoms with Crippen molar-refractivity contribution in [1.82, 2.24) is 0 Å². The van der Waals surface area contributed by atoms with Gasteiger partial charge in [0.2, 0.25) is 0 Å². The van der Waals surface area contributed by atoms with Gasteiger partial charge in [-0.05, 0) is 48.3 Å². The van der Waals surface area contributed by atoms with Crippen LogP contribution < -0.4 is 9.62 Å². The molecule has 90 valence electrons. The highest BCUT2D eigenvalue weighted by atomic mass is 32.2. The molecule has 0 fully saturated rings. The Balaban J connectivity index is 1.95. The zero-order chi connectivity index (χ0) is 12.5. The van der Waals surface area contributed by atoms with E-state index in [2.05, 4.69) is 5.32 Å². The Hall–Kier alpha value is -2.01. The second-order valence-electron chi connectivity index (χ2n) is 3.79. The lowest BCUT2D eigenvalue weighted by atomic mass is 10.3. The summed E-state index contributed by atoms with van der Waals surface area (Å²) in [5.74, 6) is -0.318. The highest BCUT2D eigenvalue weighted by molar-refractivity contribution is 8.01. The number of anilines is 2. The van der Waals surface area contributed by atoms with Crippen molar-refractivity contribution in [2.24, 2.45) is 0 Å². The number of carbonyl (C=O) groups excluding carboxylic acids is 1. The molecule has 0 spiro atoms. The summed E-state index contributed by atoms with van der Waals surface area (Å²) in [6.07, 6.45) is 0. The molecule has 0 aromatic heterocycles. The molecule has 2 amide bonds. The van der Waals surface area contributed by atoms with Gasteiger partial charge in [0.1, 0.15) is 5.82 Å². The van der Waals surface area contributed by atoms with Crippen LogP contribution in [0.25, 0.3) is 0 Å². The van der Waals surface area contributed by atoms with Crippen LogP contribution in [0.1, 0.15) is 0 Å². The summed E-state index contributed by atoms with van der Waals surface area (Å²) in [7, 11) is 0. The van der Waals surface area contributed by atoms with Gasteiger partial charge in [-0.3, -0.25) is 0 Å². The fourth-order valence-electron chi connectivity index (χ4n) is 1.70. The molecule has 3 nitrogen and oxygen atoms in total. The van der Waals surface area contributed by atoms with Crippen LogP contribution in [-0.4, -0.2) is 6.03 Å². The second kappa shape index (κ2) is 4.34. The number of urea groups is 1. The minimum absolute atomic E-state index is 0.231. The predicted molar refractivity (Wildman–Crippen MR) is 70.2 cm³/mol. The molecule has 0 unspecified atom stereocenters. The number of nitrogens with zero attached hydrogens (tertiary/aromatic N) is 1. The van der Waals surface area contributed by atoms with Crippen molar-refractivity contribution in [1.29, 1.82) is 0 Å². The maximum atomic E-state index is 12.9. The first-order chi connectivity index (χ1) is 8.74. The zero-order valence-electron chi connectivity index (χ0n) is 9.26. The number of fused-ring (bicyclic) bond motifs is 1. The van der Waals surface area contributed by atoms with E-state index in [0.717, 1.165) is 10.6 Å². The van der Waals surface area contributed by atoms with Gasteiger partial charge in [-0.25, -0.2) is 13.5 Å². The van der Waals surface area contributed by atoms with Crippen molar-refractivity contribution in [3.8, 4) is 0 Å². The SMILES string of the molecule is O=C1Nc2ccccc2SN1c1ccc(F)cc1. The molecule has 1 N–H and O–H groups in total. The van der Waals surface area contributed by atoms with E-state index < -0.39 is 0 Å². The summed E-state index contributed by atoms with van der Waals surface area (Å²) in [5, 5.41) is 2.80. The molecule has 3 rings (SSSR count). The van der Waals surface area contributed by atoms with Crippen LogP contribution in [0.2, 0.25) is 0 Å². The number of halogens is 1. The molecule has 1 aliphatic rings. The van der Waals surface area contributed by atoms with Gasteiger partial charge in [0.25, 0.3) is 0 Å². The van der Waals surface area contributed by atoms with Crippen molar-refractivity contribution in [3.05, 3.63) is 54.3 Å². The molecule has 0 atom stereocenters. The largest absolute Gasteiger partial charge is 0.336 e. The highest BCUT2D eigenvalue weighted by Gasteiger charge is 2.24. The zero-order valence-corrected chi connectivity index (χ0v) is 10.1. The molecule has 2 aromatic rings. The van der Waals surface area contributed by atoms with Gasteiger partial charge >= 0.3 is 6.03 Å². The van der Waals surface area contributed by atoms with Crippen LogP contribution in [0.4, 0.5) is 20.6 Å². The normalized spacial score (nSPS) is 14.1. The molecule has 1 heterocycles. The topological polar surface area (TPSA) is 32.3 Å². The molecule has 1 aliphatic heterocycles. The minimum atomic E-state index is -0.318. The van der Waals surface area contributed by atoms with Gasteiger partial charge in [0.05, 0.1) is 16.3 Å². The molecule has 0 aliphatic carbocycles. The fraction of sp³-hybridized carbons (Fsp3) is 0. The number of carbonyl (C=O) groups is 1. The van der Waals surface area contributed by atoms with E-state index in [0.29, 0.717) is 5.69 Å². The van der Waals surface area contributed by atoms with Gasteiger partial charge in [-0.1, -0.05) is 12.1 Å². The molecule has 2 aromatic carbocycles. The summed E-state index contributed by atoms with van der Waals surface area (Å²) in [6, 6.07) is 13.2. The minimum Gasteiger partial charge on any atom is -0.306 e. The van der Waals surface area contributed by atoms with E-state index >= 15 is 0 Å². The van der Waals surface area contributed by atoms with Crippen LogP contribution in [0.5, 0.6) is 0 Å². The Kier molecular flexibility index (Phi) is 2.68. The molecule has 0 saturated heterocycles. The third-order valence-electron chi connectivity index (χ3n) is 2.56. The van der Waals surface area contributed by atoms with Gasteiger partial charge in [-0.2, -0.15) is 0 Å². The van der Waals surface area contributed by atoms with Crippen molar-refractivity contribution in [3.63, 3.8) is 0 Å². The summed E-state index contributed by atoms with van der Waals surface area (Å²) in [4.78, 5) is 12.9. The lowest BCUT2D eigenvalue weighted by Crippen LogP contribution is -2.32. The predicted octanol–water partition coefficient (Wildman–Crippen LogP) is 3.88. The van der Waals surface area contributed by atoms with Crippen molar-refractivity contribution >= 4 is 29.4 Å². The van der Waals surface area contributed by atoms with Crippen LogP contribution >= 0.6 is 11.9 Å². The van der Waals surface area contributed by atoms with Crippen LogP contribution in [0, 0.1) is 5.82 Å². The number of nitrogens with one attached hydrogen (secondary N) is 1. The molecule has 18 heavy (non-hydrogen) atoms. The summed E-state index contributed by atoms with van der Waals surface area (Å²) in [6.45, 7) is 0. The molecular weight excluding hydrogens is 251 g/mol. The standard InChI is InChI=1S/C13H9FN2OS/c14-9-5-7-10(8-6-9)16-13(17)15-11-3-1-2-4-12(11)18-16/h1-8H,(H,15,17). The average Bonchev–Trinajstić information content (AvgIpc) is 2.39. The third-order valence-corrected chi connectivity index (χ3v) is 3.68. The Morgan fingerprint density at radius 2 is 1.78 bits per heavy atom. The first-order valence-electron chi connectivity index (χ1n) is 5.38. The maximum Gasteiger partial charge on any atom is 0.336 e. The summed E-state index contributed by atoms with van der Waals surface area (Å²) in [5.41, 5.74) is 1.44. The van der Waals surface area contributed by atoms with E-state index in [1.54, 1.807) is 12.1 Å². The smallest absolute Gasteiger partial charge is 0.306 e. The first kappa shape index (κ1) is 11.1. The van der Waals surface area contributed by atoms with Gasteiger partial charge in [-0.15, -0.1) is 0 Å². The van der Waals surface area contributed by atoms with Crippen LogP contribution in [-0.2, 0) is 0 Å². The van der Waals surface area contributed by atoms with Crippen LogP contribution in [0.15, 0.2) is 53.4 Å². The van der Waals surface area contributed by atoms with Crippen molar-refractivity contribution in [2.45, 2.75) is 4.90 Å². The Bertz CT molecular complexity index is 600. The van der Waals surface area contributed by atoms with Crippen molar-refractivity contribution in [2.75, 3.05) is 9.62 Å². The number of hydrogen-bond donors (Lipinski definition) is 1. The van der Waals surface area contributed by atoms with E-state index in [1.165, 1.54) is 28.4 Å². The fourth-order valence-corrected chi connectivity index (χ4v) is 2.61. The number of benzene rings is 2. The summed E-state index contributed by atoms with van der Waals surface area (Å²) < 4.78 is 14.4. The first-order valence-corrected chi connectivity index (χ1v) is 6.15. The molecule has 0 saturated carbocycles. The molecule has 5 heteroatoms. The van der Waals surface area contributed by atoms with Crippen LogP contribution in [0.3, 0.4) is 0 Å². The number of amides is 2. The average molecular weight is 260 g/mol. The third kappa shape index (κ3) is 1.93. The number of hydrogen-bond acceptors (Lipinski definition) is 2. The quantitative estimate of drug-likeness (QED) is 0.789. The lowest BCUT2D eigenvalue weighted by molar-refractivity contribution is 0.260. The van der Waals surface area contributed by atoms with Gasteiger partial charge in [0, 0.05) is 0 Å². The van der Waals surface area contributed by atoms with E-state index in [1.807, 2.05) is 24.3 Å². The molecule has 0 radical (unpaired) electrons. The molecular formula is C13H9FN2OS. The second-order valence-corrected chi connectivity index (χ2v) is 4.78. The Morgan fingerprint density at radius 1 is 1.06 bits per heavy atom. The van der Waals surface area contributed by atoms with Gasteiger partial charge < -0.3 is 5.32 Å². The maximum absolute atomic E-state index is 12.9. The Labute approximate surface area is 108 Å². The van der Waals surface area contributed by atoms with E-state index in [-0.39, 0.29) is 11.8 Å². The van der Waals surface area contributed by atoms with E-state index in [4.69, 9.17) is 0 Å². The Morgan fingerprint density at radius 3 is 2.56 bits per heavy atom. The van der Waals surface area contributed by atoms with E-state index in [9.17, 15) is 9.18 Å². The highest BCUT2D eigenvalue weighted by Crippen LogP contribution is 2.37. The van der Waals surface area contributed by atoms with Crippen molar-refractivity contribution < 1.29 is 9.18 Å². The lowest BCUT2D eigenvalue weighted by Gasteiger charge is -2.27. The monoisotopic (exact) mass is 260 g/mol. The van der Waals surface area contributed by atoms with Gasteiger partial charge in [0.15, 0.2) is 0 Å². The number of para-hydroxylation sites is 1. The molecule has 0 bridgehead atoms. The summed E-state index contributed by atoms with van der Waals surface area (Å²) >= 11 is 1.32.